The van der Waals surface area contributed by atoms with Crippen LogP contribution >= 0.6 is 0 Å². The van der Waals surface area contributed by atoms with Gasteiger partial charge in [0.2, 0.25) is 59.1 Å². The maximum absolute atomic E-state index is 14.6. The van der Waals surface area contributed by atoms with E-state index in [1.54, 1.807) is 72.8 Å². The van der Waals surface area contributed by atoms with Gasteiger partial charge in [-0.1, -0.05) is 86.6 Å². The zero-order valence-corrected chi connectivity index (χ0v) is 44.8. The second-order valence-electron chi connectivity index (χ2n) is 19.8. The number of nitrogens with zero attached hydrogens (tertiary/aromatic N) is 2. The van der Waals surface area contributed by atoms with Crippen LogP contribution in [0.2, 0.25) is 0 Å². The molecule has 0 unspecified atom stereocenters. The van der Waals surface area contributed by atoms with Crippen molar-refractivity contribution < 1.29 is 53.1 Å². The fourth-order valence-corrected chi connectivity index (χ4v) is 8.67. The number of amides is 10. The predicted octanol–water partition coefficient (Wildman–Crippen LogP) is -2.37. The summed E-state index contributed by atoms with van der Waals surface area (Å²) in [4.78, 5) is 140. The zero-order valence-electron chi connectivity index (χ0n) is 44.8. The number of carbonyl (C=O) groups excluding carboxylic acids is 10. The molecule has 0 aromatic heterocycles. The van der Waals surface area contributed by atoms with Gasteiger partial charge in [-0.15, -0.1) is 0 Å². The Morgan fingerprint density at radius 1 is 0.620 bits per heavy atom. The van der Waals surface area contributed by atoms with E-state index in [2.05, 4.69) is 42.2 Å². The molecule has 3 aromatic rings. The SMILES string of the molecule is CC(C)C[C@@H](NC(=O)[C@H](Cc1ccccc1)NC(=O)CNC(=O)[C@@H](C)NC(=O)[C@@H](N)Cc1ccc(O)cc1)C(=O)N1CCC[C@H]1C(=O)N[C@@H](CCC(N)=O)C(=O)N[C@@H](CCCN=C(N)N)C(=O)N[C@@H](Cc1ccccc1)C(N)=O. The molecule has 1 heterocycles. The molecule has 0 radical (unpaired) electrons. The summed E-state index contributed by atoms with van der Waals surface area (Å²) >= 11 is 0. The summed E-state index contributed by atoms with van der Waals surface area (Å²) in [6.45, 7) is 4.63. The maximum atomic E-state index is 14.6. The van der Waals surface area contributed by atoms with Crippen LogP contribution in [0.25, 0.3) is 0 Å². The van der Waals surface area contributed by atoms with E-state index < -0.39 is 114 Å². The number of phenolic OH excluding ortho intramolecular Hbond substituents is 1. The van der Waals surface area contributed by atoms with Crippen molar-refractivity contribution in [2.45, 2.75) is 133 Å². The first-order valence-corrected chi connectivity index (χ1v) is 26.1. The lowest BCUT2D eigenvalue weighted by Crippen LogP contribution is -2.60. The molecule has 3 aromatic carbocycles. The lowest BCUT2D eigenvalue weighted by Gasteiger charge is -2.31. The molecule has 25 heteroatoms. The largest absolute Gasteiger partial charge is 0.508 e. The van der Waals surface area contributed by atoms with Gasteiger partial charge >= 0.3 is 0 Å². The minimum atomic E-state index is -1.46. The van der Waals surface area contributed by atoms with Crippen molar-refractivity contribution in [3.8, 4) is 5.75 Å². The minimum absolute atomic E-state index is 0.0258. The van der Waals surface area contributed by atoms with Gasteiger partial charge in [-0.25, -0.2) is 0 Å². The second kappa shape index (κ2) is 31.6. The van der Waals surface area contributed by atoms with Crippen LogP contribution < -0.4 is 65.9 Å². The topological polar surface area (TPSA) is 421 Å². The van der Waals surface area contributed by atoms with Crippen LogP contribution in [-0.2, 0) is 67.2 Å². The molecule has 25 nitrogen and oxygen atoms in total. The number of nitrogens with one attached hydrogen (secondary N) is 7. The fraction of sp³-hybridized carbons (Fsp3) is 0.463. The first-order chi connectivity index (χ1) is 37.5. The monoisotopic (exact) mass is 1100 g/mol. The highest BCUT2D eigenvalue weighted by atomic mass is 16.3. The predicted molar refractivity (Wildman–Crippen MR) is 292 cm³/mol. The highest BCUT2D eigenvalue weighted by molar-refractivity contribution is 5.98. The zero-order chi connectivity index (χ0) is 58.2. The van der Waals surface area contributed by atoms with Gasteiger partial charge in [-0.2, -0.15) is 0 Å². The molecular formula is C54H76N14O11. The summed E-state index contributed by atoms with van der Waals surface area (Å²) < 4.78 is 0. The molecule has 0 spiro atoms. The molecule has 79 heavy (non-hydrogen) atoms. The first-order valence-electron chi connectivity index (χ1n) is 26.1. The minimum Gasteiger partial charge on any atom is -0.508 e. The third kappa shape index (κ3) is 21.7. The number of guanidine groups is 1. The Balaban J connectivity index is 1.47. The molecule has 1 aliphatic rings. The number of primary amides is 2. The number of rotatable bonds is 31. The van der Waals surface area contributed by atoms with E-state index in [4.69, 9.17) is 28.7 Å². The average molecular weight is 1100 g/mol. The van der Waals surface area contributed by atoms with Crippen molar-refractivity contribution in [2.24, 2.45) is 39.6 Å². The van der Waals surface area contributed by atoms with Gasteiger partial charge in [0.1, 0.15) is 48.0 Å². The lowest BCUT2D eigenvalue weighted by atomic mass is 10.00. The van der Waals surface area contributed by atoms with Crippen molar-refractivity contribution in [3.63, 3.8) is 0 Å². The number of phenols is 1. The third-order valence-electron chi connectivity index (χ3n) is 12.8. The van der Waals surface area contributed by atoms with Crippen molar-refractivity contribution in [2.75, 3.05) is 19.6 Å². The van der Waals surface area contributed by atoms with Crippen molar-refractivity contribution >= 4 is 65.0 Å². The molecule has 1 aliphatic heterocycles. The van der Waals surface area contributed by atoms with Crippen LogP contribution in [0.1, 0.15) is 82.4 Å². The third-order valence-corrected chi connectivity index (χ3v) is 12.8. The van der Waals surface area contributed by atoms with Crippen molar-refractivity contribution in [1.29, 1.82) is 0 Å². The Bertz CT molecular complexity index is 2600. The van der Waals surface area contributed by atoms with Crippen LogP contribution in [0, 0.1) is 5.92 Å². The summed E-state index contributed by atoms with van der Waals surface area (Å²) in [6, 6.07) is 13.9. The molecule has 0 aliphatic carbocycles. The van der Waals surface area contributed by atoms with Crippen molar-refractivity contribution in [3.05, 3.63) is 102 Å². The van der Waals surface area contributed by atoms with E-state index in [-0.39, 0.29) is 88.5 Å². The van der Waals surface area contributed by atoms with Gasteiger partial charge < -0.3 is 75.9 Å². The number of hydrogen-bond donors (Lipinski definition) is 13. The normalized spacial score (nSPS) is 15.6. The summed E-state index contributed by atoms with van der Waals surface area (Å²) in [6.07, 6.45) is 0.256. The van der Waals surface area contributed by atoms with Gasteiger partial charge in [0.15, 0.2) is 5.96 Å². The van der Waals surface area contributed by atoms with Gasteiger partial charge in [0, 0.05) is 32.4 Å². The van der Waals surface area contributed by atoms with E-state index >= 15 is 0 Å². The summed E-state index contributed by atoms with van der Waals surface area (Å²) in [5.41, 5.74) is 30.2. The number of hydrogen-bond acceptors (Lipinski definition) is 13. The molecular weight excluding hydrogens is 1020 g/mol. The number of likely N-dealkylation sites (tertiary alicyclic amines) is 1. The van der Waals surface area contributed by atoms with E-state index in [1.165, 1.54) is 24.0 Å². The number of aliphatic imine (C=N–C) groups is 1. The molecule has 428 valence electrons. The molecule has 10 amide bonds. The maximum Gasteiger partial charge on any atom is 0.245 e. The molecule has 4 rings (SSSR count). The smallest absolute Gasteiger partial charge is 0.245 e. The number of nitrogens with two attached hydrogens (primary N) is 5. The van der Waals surface area contributed by atoms with E-state index in [0.29, 0.717) is 23.1 Å². The number of aromatic hydroxyl groups is 1. The Morgan fingerprint density at radius 3 is 1.73 bits per heavy atom. The van der Waals surface area contributed by atoms with Crippen molar-refractivity contribution in [1.82, 2.24) is 42.1 Å². The Hall–Kier alpha value is -8.61. The van der Waals surface area contributed by atoms with E-state index in [0.717, 1.165) is 0 Å². The van der Waals surface area contributed by atoms with E-state index in [1.807, 2.05) is 13.8 Å². The van der Waals surface area contributed by atoms with Crippen LogP contribution in [0.3, 0.4) is 0 Å². The first kappa shape index (κ1) is 62.9. The highest BCUT2D eigenvalue weighted by Gasteiger charge is 2.40. The summed E-state index contributed by atoms with van der Waals surface area (Å²) in [5, 5.41) is 27.8. The quantitative estimate of drug-likeness (QED) is 0.0182. The number of benzene rings is 3. The molecule has 1 saturated heterocycles. The van der Waals surface area contributed by atoms with Crippen LogP contribution in [0.15, 0.2) is 89.9 Å². The molecule has 18 N–H and O–H groups in total. The van der Waals surface area contributed by atoms with Gasteiger partial charge in [-0.05, 0) is 86.6 Å². The molecule has 1 fully saturated rings. The molecule has 0 saturated carbocycles. The summed E-state index contributed by atoms with van der Waals surface area (Å²) in [7, 11) is 0. The lowest BCUT2D eigenvalue weighted by molar-refractivity contribution is -0.143. The Kier molecular flexibility index (Phi) is 25.1. The Morgan fingerprint density at radius 2 is 1.16 bits per heavy atom. The van der Waals surface area contributed by atoms with Gasteiger partial charge in [0.05, 0.1) is 12.6 Å². The highest BCUT2D eigenvalue weighted by Crippen LogP contribution is 2.22. The standard InChI is InChI=1S/C54H76N14O11/c1-31(2)26-42(67-51(77)41(29-34-14-8-5-9-15-34)63-45(71)30-61-47(73)32(3)62-48(74)37(55)27-35-18-20-36(69)21-19-35)53(79)68-25-11-17-43(68)52(78)65-39(22-23-44(56)70)50(76)64-38(16-10-24-60-54(58)59)49(75)66-40(46(57)72)28-33-12-6-4-7-13-33/h4-9,12-15,18-21,31-32,37-43,69H,10-11,16-17,22-30,55H2,1-3H3,(H2,56,70)(H2,57,72)(H,61,73)(H,62,74)(H,63,71)(H,64,76)(H,65,78)(H,66,75)(H,67,77)(H4,58,59,60)/t32-,37+,38+,39+,40+,41+,42-,43+/m1/s1. The average Bonchev–Trinajstić information content (AvgIpc) is 3.91. The van der Waals surface area contributed by atoms with Gasteiger partial charge in [0.25, 0.3) is 0 Å². The van der Waals surface area contributed by atoms with E-state index in [9.17, 15) is 53.1 Å². The summed E-state index contributed by atoms with van der Waals surface area (Å²) in [5.74, 6) is -7.85. The Labute approximate surface area is 458 Å². The fourth-order valence-electron chi connectivity index (χ4n) is 8.67. The molecule has 8 atom stereocenters. The second-order valence-corrected chi connectivity index (χ2v) is 19.8. The van der Waals surface area contributed by atoms with Crippen LogP contribution in [-0.4, -0.2) is 143 Å². The molecule has 0 bridgehead atoms. The van der Waals surface area contributed by atoms with Gasteiger partial charge in [-0.3, -0.25) is 52.9 Å². The number of carbonyl (C=O) groups is 10. The van der Waals surface area contributed by atoms with Crippen LogP contribution in [0.4, 0.5) is 0 Å². The van der Waals surface area contributed by atoms with Crippen LogP contribution in [0.5, 0.6) is 5.75 Å².